The lowest BCUT2D eigenvalue weighted by molar-refractivity contribution is 0.0846. The van der Waals surface area contributed by atoms with Crippen LogP contribution in [-0.4, -0.2) is 57.8 Å². The fourth-order valence-electron chi connectivity index (χ4n) is 5.03. The van der Waals surface area contributed by atoms with Crippen molar-refractivity contribution in [3.8, 4) is 11.5 Å². The fraction of sp³-hybridized carbons (Fsp3) is 0.370. The molecule has 36 heavy (non-hydrogen) atoms. The Morgan fingerprint density at radius 3 is 2.78 bits per heavy atom. The topological polar surface area (TPSA) is 105 Å². The van der Waals surface area contributed by atoms with Crippen molar-refractivity contribution in [3.63, 3.8) is 0 Å². The summed E-state index contributed by atoms with van der Waals surface area (Å²) in [6.45, 7) is 4.71. The van der Waals surface area contributed by atoms with E-state index in [9.17, 15) is 9.90 Å². The number of nitrogens with one attached hydrogen (secondary N) is 1. The van der Waals surface area contributed by atoms with Crippen LogP contribution in [0.4, 0.5) is 11.4 Å². The van der Waals surface area contributed by atoms with Gasteiger partial charge in [0.25, 0.3) is 5.91 Å². The second-order valence-electron chi connectivity index (χ2n) is 9.64. The molecule has 9 nitrogen and oxygen atoms in total. The molecule has 0 radical (unpaired) electrons. The fourth-order valence-corrected chi connectivity index (χ4v) is 5.03. The number of pyridine rings is 1. The zero-order valence-corrected chi connectivity index (χ0v) is 20.2. The molecule has 2 aliphatic rings. The average Bonchev–Trinajstić information content (AvgIpc) is 3.63. The summed E-state index contributed by atoms with van der Waals surface area (Å²) in [4.78, 5) is 24.6. The molecule has 2 aliphatic heterocycles. The minimum absolute atomic E-state index is 0.201. The Labute approximate surface area is 208 Å². The first-order valence-electron chi connectivity index (χ1n) is 12.4. The highest BCUT2D eigenvalue weighted by atomic mass is 16.5. The van der Waals surface area contributed by atoms with Gasteiger partial charge in [0.15, 0.2) is 5.69 Å². The summed E-state index contributed by atoms with van der Waals surface area (Å²) in [5.74, 6) is 0.407. The number of aliphatic hydroxyl groups is 1. The van der Waals surface area contributed by atoms with Gasteiger partial charge in [-0.15, -0.1) is 0 Å². The van der Waals surface area contributed by atoms with Crippen LogP contribution in [0.1, 0.15) is 46.9 Å². The maximum Gasteiger partial charge on any atom is 0.277 e. The number of anilines is 2. The van der Waals surface area contributed by atoms with Crippen molar-refractivity contribution in [1.82, 2.24) is 14.4 Å². The third kappa shape index (κ3) is 4.47. The Kier molecular flexibility index (Phi) is 5.94. The summed E-state index contributed by atoms with van der Waals surface area (Å²) in [6, 6.07) is 9.78. The Balaban J connectivity index is 1.31. The molecule has 2 fully saturated rings. The molecule has 1 aromatic carbocycles. The van der Waals surface area contributed by atoms with Crippen LogP contribution in [-0.2, 0) is 4.74 Å². The monoisotopic (exact) mass is 487 g/mol. The van der Waals surface area contributed by atoms with Gasteiger partial charge >= 0.3 is 0 Å². The average molecular weight is 488 g/mol. The number of nitrogens with zero attached hydrogens (tertiary/aromatic N) is 4. The summed E-state index contributed by atoms with van der Waals surface area (Å²) in [5.41, 5.74) is 5.43. The number of aryl methyl sites for hydroxylation is 1. The molecule has 1 amide bonds. The van der Waals surface area contributed by atoms with E-state index in [1.807, 2.05) is 54.0 Å². The Morgan fingerprint density at radius 1 is 1.14 bits per heavy atom. The molecule has 186 valence electrons. The standard InChI is InChI=1S/C27H29N5O4/c1-17-3-2-4-19(11-17)27-30-23(16-36-27)26(34)29-22-15-32-14-21(18-6-9-35-10-7-18)28-25(32)12-24(22)31-8-5-20(33)13-31/h2-4,11-12,14-16,18,20,33H,5-10,13H2,1H3,(H,29,34). The largest absolute Gasteiger partial charge is 0.444 e. The van der Waals surface area contributed by atoms with Crippen LogP contribution in [0.5, 0.6) is 0 Å². The number of rotatable bonds is 5. The Hall–Kier alpha value is -3.69. The van der Waals surface area contributed by atoms with Crippen LogP contribution in [0.3, 0.4) is 0 Å². The van der Waals surface area contributed by atoms with Gasteiger partial charge in [0.2, 0.25) is 5.89 Å². The number of carbonyl (C=O) groups excluding carboxylic acids is 1. The summed E-state index contributed by atoms with van der Waals surface area (Å²) in [7, 11) is 0. The molecule has 4 aromatic rings. The molecule has 0 spiro atoms. The maximum atomic E-state index is 13.2. The third-order valence-electron chi connectivity index (χ3n) is 6.98. The molecule has 6 rings (SSSR count). The summed E-state index contributed by atoms with van der Waals surface area (Å²) >= 11 is 0. The van der Waals surface area contributed by atoms with E-state index in [0.29, 0.717) is 37.0 Å². The van der Waals surface area contributed by atoms with Gasteiger partial charge < -0.3 is 28.9 Å². The van der Waals surface area contributed by atoms with E-state index in [1.54, 1.807) is 0 Å². The number of amides is 1. The number of fused-ring (bicyclic) bond motifs is 1. The molecule has 9 heteroatoms. The van der Waals surface area contributed by atoms with Crippen LogP contribution in [0, 0.1) is 6.92 Å². The molecule has 3 aromatic heterocycles. The van der Waals surface area contributed by atoms with E-state index in [-0.39, 0.29) is 11.6 Å². The SMILES string of the molecule is Cc1cccc(-c2nc(C(=O)Nc3cn4cc(C5CCOCC5)nc4cc3N3CCC(O)C3)co2)c1. The van der Waals surface area contributed by atoms with Gasteiger partial charge in [-0.2, -0.15) is 0 Å². The van der Waals surface area contributed by atoms with E-state index >= 15 is 0 Å². The van der Waals surface area contributed by atoms with Gasteiger partial charge in [0.05, 0.1) is 23.2 Å². The molecule has 5 heterocycles. The highest BCUT2D eigenvalue weighted by molar-refractivity contribution is 6.05. The smallest absolute Gasteiger partial charge is 0.277 e. The molecule has 2 N–H and O–H groups in total. The van der Waals surface area contributed by atoms with E-state index < -0.39 is 6.10 Å². The number of hydrogen-bond donors (Lipinski definition) is 2. The van der Waals surface area contributed by atoms with Crippen molar-refractivity contribution in [3.05, 3.63) is 65.9 Å². The van der Waals surface area contributed by atoms with Gasteiger partial charge in [-0.3, -0.25) is 4.79 Å². The van der Waals surface area contributed by atoms with Crippen molar-refractivity contribution in [2.24, 2.45) is 0 Å². The lowest BCUT2D eigenvalue weighted by Crippen LogP contribution is -2.24. The molecule has 0 aliphatic carbocycles. The minimum atomic E-state index is -0.394. The van der Waals surface area contributed by atoms with Gasteiger partial charge in [0.1, 0.15) is 11.9 Å². The number of hydrogen-bond acceptors (Lipinski definition) is 7. The van der Waals surface area contributed by atoms with Crippen molar-refractivity contribution in [1.29, 1.82) is 0 Å². The number of carbonyl (C=O) groups is 1. The number of aromatic nitrogens is 3. The predicted molar refractivity (Wildman–Crippen MR) is 135 cm³/mol. The zero-order chi connectivity index (χ0) is 24.6. The molecular weight excluding hydrogens is 458 g/mol. The van der Waals surface area contributed by atoms with E-state index in [2.05, 4.69) is 15.2 Å². The molecule has 2 saturated heterocycles. The van der Waals surface area contributed by atoms with Gasteiger partial charge in [-0.25, -0.2) is 9.97 Å². The number of aliphatic hydroxyl groups excluding tert-OH is 1. The first kappa shape index (κ1) is 22.8. The zero-order valence-electron chi connectivity index (χ0n) is 20.2. The van der Waals surface area contributed by atoms with E-state index in [0.717, 1.165) is 54.2 Å². The van der Waals surface area contributed by atoms with E-state index in [4.69, 9.17) is 14.1 Å². The quantitative estimate of drug-likeness (QED) is 0.438. The second kappa shape index (κ2) is 9.40. The number of β-amino-alcohol motifs (C(OH)–C–C–N with tert-alkyl or cyclic N) is 1. The minimum Gasteiger partial charge on any atom is -0.444 e. The van der Waals surface area contributed by atoms with Crippen molar-refractivity contribution in [2.75, 3.05) is 36.5 Å². The molecule has 1 unspecified atom stereocenters. The predicted octanol–water partition coefficient (Wildman–Crippen LogP) is 4.02. The number of benzene rings is 1. The molecule has 0 saturated carbocycles. The number of ether oxygens (including phenoxy) is 1. The lowest BCUT2D eigenvalue weighted by atomic mass is 9.97. The van der Waals surface area contributed by atoms with Crippen LogP contribution in [0.2, 0.25) is 0 Å². The Morgan fingerprint density at radius 2 is 2.00 bits per heavy atom. The third-order valence-corrected chi connectivity index (χ3v) is 6.98. The van der Waals surface area contributed by atoms with Crippen LogP contribution in [0.25, 0.3) is 17.1 Å². The molecule has 1 atom stereocenters. The number of imidazole rings is 1. The summed E-state index contributed by atoms with van der Waals surface area (Å²) < 4.78 is 13.1. The molecular formula is C27H29N5O4. The summed E-state index contributed by atoms with van der Waals surface area (Å²) in [6.07, 6.45) is 7.51. The van der Waals surface area contributed by atoms with Crippen molar-refractivity contribution >= 4 is 22.9 Å². The van der Waals surface area contributed by atoms with Gasteiger partial charge in [0, 0.05) is 56.2 Å². The molecule has 0 bridgehead atoms. The first-order chi connectivity index (χ1) is 17.5. The maximum absolute atomic E-state index is 13.2. The first-order valence-corrected chi connectivity index (χ1v) is 12.4. The van der Waals surface area contributed by atoms with Crippen LogP contribution in [0.15, 0.2) is 53.4 Å². The van der Waals surface area contributed by atoms with Gasteiger partial charge in [-0.05, 0) is 38.3 Å². The summed E-state index contributed by atoms with van der Waals surface area (Å²) in [5, 5.41) is 13.2. The normalized spacial score (nSPS) is 18.7. The van der Waals surface area contributed by atoms with Crippen LogP contribution >= 0.6 is 0 Å². The Bertz CT molecular complexity index is 1400. The highest BCUT2D eigenvalue weighted by Gasteiger charge is 2.26. The highest BCUT2D eigenvalue weighted by Crippen LogP contribution is 2.33. The van der Waals surface area contributed by atoms with Gasteiger partial charge in [-0.1, -0.05) is 17.7 Å². The van der Waals surface area contributed by atoms with E-state index in [1.165, 1.54) is 6.26 Å². The van der Waals surface area contributed by atoms with Crippen LogP contribution < -0.4 is 10.2 Å². The number of oxazole rings is 1. The second-order valence-corrected chi connectivity index (χ2v) is 9.64. The van der Waals surface area contributed by atoms with Crippen molar-refractivity contribution < 1.29 is 19.1 Å². The van der Waals surface area contributed by atoms with Crippen molar-refractivity contribution in [2.45, 2.75) is 38.2 Å². The lowest BCUT2D eigenvalue weighted by Gasteiger charge is -2.22.